The molecule has 0 amide bonds. The molecule has 1 N–H and O–H groups in total. The topological polar surface area (TPSA) is 23.5 Å². The van der Waals surface area contributed by atoms with E-state index in [1.807, 2.05) is 0 Å². The second-order valence-electron chi connectivity index (χ2n) is 4.88. The van der Waals surface area contributed by atoms with Gasteiger partial charge in [-0.15, -0.1) is 0 Å². The predicted molar refractivity (Wildman–Crippen MR) is 55.8 cm³/mol. The van der Waals surface area contributed by atoms with E-state index in [1.54, 1.807) is 0 Å². The third-order valence-electron chi connectivity index (χ3n) is 3.39. The Balaban J connectivity index is 2.38. The number of aliphatic hydroxyl groups is 1. The van der Waals surface area contributed by atoms with Crippen molar-refractivity contribution in [3.05, 3.63) is 0 Å². The van der Waals surface area contributed by atoms with Gasteiger partial charge in [0.25, 0.3) is 0 Å². The number of hydrogen-bond donors (Lipinski definition) is 1. The molecule has 1 fully saturated rings. The Morgan fingerprint density at radius 1 is 1.38 bits per heavy atom. The van der Waals surface area contributed by atoms with E-state index in [-0.39, 0.29) is 6.10 Å². The lowest BCUT2D eigenvalue weighted by atomic mass is 9.76. The molecule has 1 aliphatic heterocycles. The minimum atomic E-state index is -0.0894. The molecule has 0 radical (unpaired) electrons. The summed E-state index contributed by atoms with van der Waals surface area (Å²) in [6, 6.07) is 0. The van der Waals surface area contributed by atoms with Gasteiger partial charge in [-0.1, -0.05) is 13.8 Å². The Morgan fingerprint density at radius 2 is 1.92 bits per heavy atom. The fourth-order valence-electron chi connectivity index (χ4n) is 2.08. The van der Waals surface area contributed by atoms with E-state index < -0.39 is 0 Å². The summed E-state index contributed by atoms with van der Waals surface area (Å²) >= 11 is 0. The Hall–Kier alpha value is -0.0800. The van der Waals surface area contributed by atoms with Gasteiger partial charge < -0.3 is 10.0 Å². The maximum atomic E-state index is 9.63. The van der Waals surface area contributed by atoms with E-state index in [1.165, 1.54) is 25.9 Å². The zero-order valence-electron chi connectivity index (χ0n) is 9.21. The summed E-state index contributed by atoms with van der Waals surface area (Å²) in [5.74, 6) is 0. The van der Waals surface area contributed by atoms with Gasteiger partial charge in [-0.25, -0.2) is 0 Å². The third kappa shape index (κ3) is 3.28. The van der Waals surface area contributed by atoms with Crippen LogP contribution >= 0.6 is 0 Å². The van der Waals surface area contributed by atoms with Gasteiger partial charge in [0.05, 0.1) is 6.10 Å². The van der Waals surface area contributed by atoms with Gasteiger partial charge in [-0.2, -0.15) is 0 Å². The second kappa shape index (κ2) is 4.43. The highest BCUT2D eigenvalue weighted by atomic mass is 16.3. The first-order valence-corrected chi connectivity index (χ1v) is 5.42. The van der Waals surface area contributed by atoms with Gasteiger partial charge in [0.15, 0.2) is 0 Å². The molecule has 1 unspecified atom stereocenters. The van der Waals surface area contributed by atoms with Crippen molar-refractivity contribution in [2.75, 3.05) is 20.1 Å². The monoisotopic (exact) mass is 185 g/mol. The smallest absolute Gasteiger partial charge is 0.0542 e. The highest BCUT2D eigenvalue weighted by molar-refractivity contribution is 4.83. The molecule has 1 rings (SSSR count). The van der Waals surface area contributed by atoms with Crippen molar-refractivity contribution in [2.24, 2.45) is 5.41 Å². The fourth-order valence-corrected chi connectivity index (χ4v) is 2.08. The van der Waals surface area contributed by atoms with Crippen molar-refractivity contribution in [1.82, 2.24) is 4.90 Å². The van der Waals surface area contributed by atoms with Crippen molar-refractivity contribution in [3.8, 4) is 0 Å². The predicted octanol–water partition coefficient (Wildman–Crippen LogP) is 1.88. The van der Waals surface area contributed by atoms with Crippen LogP contribution < -0.4 is 0 Å². The molecule has 0 bridgehead atoms. The molecule has 1 atom stereocenters. The van der Waals surface area contributed by atoms with Crippen LogP contribution in [0.2, 0.25) is 0 Å². The minimum Gasteiger partial charge on any atom is -0.393 e. The molecule has 0 aromatic heterocycles. The highest BCUT2D eigenvalue weighted by Gasteiger charge is 2.30. The first-order chi connectivity index (χ1) is 6.06. The maximum Gasteiger partial charge on any atom is 0.0542 e. The van der Waals surface area contributed by atoms with Crippen LogP contribution in [0.25, 0.3) is 0 Å². The second-order valence-corrected chi connectivity index (χ2v) is 4.88. The number of likely N-dealkylation sites (tertiary alicyclic amines) is 1. The SMILES string of the molecule is CCC(O)CC1(C)CCN(C)CC1. The molecular weight excluding hydrogens is 162 g/mol. The quantitative estimate of drug-likeness (QED) is 0.725. The van der Waals surface area contributed by atoms with Gasteiger partial charge in [-0.3, -0.25) is 0 Å². The first-order valence-electron chi connectivity index (χ1n) is 5.42. The zero-order valence-corrected chi connectivity index (χ0v) is 9.21. The molecule has 0 aromatic rings. The van der Waals surface area contributed by atoms with E-state index >= 15 is 0 Å². The molecule has 1 saturated heterocycles. The summed E-state index contributed by atoms with van der Waals surface area (Å²) in [5, 5.41) is 9.63. The summed E-state index contributed by atoms with van der Waals surface area (Å²) < 4.78 is 0. The highest BCUT2D eigenvalue weighted by Crippen LogP contribution is 2.35. The van der Waals surface area contributed by atoms with Gasteiger partial charge in [0, 0.05) is 0 Å². The van der Waals surface area contributed by atoms with Gasteiger partial charge in [0.2, 0.25) is 0 Å². The van der Waals surface area contributed by atoms with Crippen LogP contribution in [0.15, 0.2) is 0 Å². The van der Waals surface area contributed by atoms with Crippen LogP contribution in [-0.2, 0) is 0 Å². The number of rotatable bonds is 3. The Morgan fingerprint density at radius 3 is 2.38 bits per heavy atom. The van der Waals surface area contributed by atoms with Crippen LogP contribution in [-0.4, -0.2) is 36.2 Å². The molecular formula is C11H23NO. The molecule has 2 nitrogen and oxygen atoms in total. The van der Waals surface area contributed by atoms with E-state index in [0.29, 0.717) is 5.41 Å². The average Bonchev–Trinajstić information content (AvgIpc) is 2.10. The Kier molecular flexibility index (Phi) is 3.74. The lowest BCUT2D eigenvalue weighted by Crippen LogP contribution is -2.38. The van der Waals surface area contributed by atoms with Gasteiger partial charge in [-0.05, 0) is 51.2 Å². The summed E-state index contributed by atoms with van der Waals surface area (Å²) in [6.45, 7) is 6.75. The number of hydrogen-bond acceptors (Lipinski definition) is 2. The third-order valence-corrected chi connectivity index (χ3v) is 3.39. The Labute approximate surface area is 81.9 Å². The largest absolute Gasteiger partial charge is 0.393 e. The molecule has 1 heterocycles. The van der Waals surface area contributed by atoms with Crippen molar-refractivity contribution >= 4 is 0 Å². The molecule has 1 aliphatic rings. The maximum absolute atomic E-state index is 9.63. The van der Waals surface area contributed by atoms with Gasteiger partial charge >= 0.3 is 0 Å². The van der Waals surface area contributed by atoms with Crippen LogP contribution in [0.1, 0.15) is 39.5 Å². The number of piperidine rings is 1. The standard InChI is InChI=1S/C11H23NO/c1-4-10(13)9-11(2)5-7-12(3)8-6-11/h10,13H,4-9H2,1-3H3. The van der Waals surface area contributed by atoms with Crippen molar-refractivity contribution in [1.29, 1.82) is 0 Å². The Bertz CT molecular complexity index is 150. The molecule has 0 aromatic carbocycles. The number of aliphatic hydroxyl groups excluding tert-OH is 1. The zero-order chi connectivity index (χ0) is 9.90. The van der Waals surface area contributed by atoms with Crippen LogP contribution in [0.5, 0.6) is 0 Å². The molecule has 0 spiro atoms. The van der Waals surface area contributed by atoms with E-state index in [2.05, 4.69) is 25.8 Å². The van der Waals surface area contributed by atoms with Gasteiger partial charge in [0.1, 0.15) is 0 Å². The average molecular weight is 185 g/mol. The van der Waals surface area contributed by atoms with E-state index in [9.17, 15) is 5.11 Å². The van der Waals surface area contributed by atoms with Crippen LogP contribution in [0.4, 0.5) is 0 Å². The summed E-state index contributed by atoms with van der Waals surface area (Å²) in [6.07, 6.45) is 4.26. The lowest BCUT2D eigenvalue weighted by molar-refractivity contribution is 0.0585. The molecule has 13 heavy (non-hydrogen) atoms. The lowest BCUT2D eigenvalue weighted by Gasteiger charge is -2.39. The van der Waals surface area contributed by atoms with E-state index in [4.69, 9.17) is 0 Å². The molecule has 0 saturated carbocycles. The number of nitrogens with zero attached hydrogens (tertiary/aromatic N) is 1. The van der Waals surface area contributed by atoms with Crippen molar-refractivity contribution in [3.63, 3.8) is 0 Å². The molecule has 0 aliphatic carbocycles. The van der Waals surface area contributed by atoms with Crippen LogP contribution in [0, 0.1) is 5.41 Å². The summed E-state index contributed by atoms with van der Waals surface area (Å²) in [4.78, 5) is 2.38. The minimum absolute atomic E-state index is 0.0894. The van der Waals surface area contributed by atoms with Crippen molar-refractivity contribution in [2.45, 2.75) is 45.6 Å². The molecule has 78 valence electrons. The normalized spacial score (nSPS) is 25.8. The first kappa shape index (κ1) is 11.0. The van der Waals surface area contributed by atoms with Crippen molar-refractivity contribution < 1.29 is 5.11 Å². The van der Waals surface area contributed by atoms with E-state index in [0.717, 1.165) is 12.8 Å². The van der Waals surface area contributed by atoms with Crippen LogP contribution in [0.3, 0.4) is 0 Å². The fraction of sp³-hybridized carbons (Fsp3) is 1.00. The summed E-state index contributed by atoms with van der Waals surface area (Å²) in [5.41, 5.74) is 0.391. The summed E-state index contributed by atoms with van der Waals surface area (Å²) in [7, 11) is 2.18. The molecule has 2 heteroatoms.